The Labute approximate surface area is 129 Å². The number of imide groups is 1. The molecule has 1 aliphatic heterocycles. The van der Waals surface area contributed by atoms with Crippen LogP contribution in [0, 0.1) is 0 Å². The van der Waals surface area contributed by atoms with Gasteiger partial charge in [-0.3, -0.25) is 19.3 Å². The lowest BCUT2D eigenvalue weighted by Crippen LogP contribution is -2.54. The summed E-state index contributed by atoms with van der Waals surface area (Å²) < 4.78 is 5.06. The van der Waals surface area contributed by atoms with E-state index in [1.165, 1.54) is 4.90 Å². The summed E-state index contributed by atoms with van der Waals surface area (Å²) in [7, 11) is 1.58. The highest BCUT2D eigenvalue weighted by molar-refractivity contribution is 6.02. The van der Waals surface area contributed by atoms with Crippen LogP contribution in [-0.4, -0.2) is 54.3 Å². The van der Waals surface area contributed by atoms with Gasteiger partial charge in [0.1, 0.15) is 12.3 Å². The molecule has 0 unspecified atom stereocenters. The summed E-state index contributed by atoms with van der Waals surface area (Å²) in [6.45, 7) is 3.84. The molecule has 2 rings (SSSR count). The number of ether oxygens (including phenoxy) is 1. The fourth-order valence-corrected chi connectivity index (χ4v) is 2.26. The van der Waals surface area contributed by atoms with Gasteiger partial charge in [-0.2, -0.15) is 0 Å². The minimum Gasteiger partial charge on any atom is -0.497 e. The Hall–Kier alpha value is -2.63. The molecule has 6 heteroatoms. The Kier molecular flexibility index (Phi) is 4.93. The van der Waals surface area contributed by atoms with Crippen molar-refractivity contribution in [2.75, 3.05) is 26.7 Å². The zero-order valence-electron chi connectivity index (χ0n) is 12.4. The van der Waals surface area contributed by atoms with Gasteiger partial charge in [0.25, 0.3) is 5.91 Å². The maximum absolute atomic E-state index is 12.2. The zero-order chi connectivity index (χ0) is 16.1. The maximum atomic E-state index is 12.2. The zero-order valence-corrected chi connectivity index (χ0v) is 12.4. The fourth-order valence-electron chi connectivity index (χ4n) is 2.26. The first-order chi connectivity index (χ1) is 10.5. The van der Waals surface area contributed by atoms with Crippen LogP contribution >= 0.6 is 0 Å². The summed E-state index contributed by atoms with van der Waals surface area (Å²) in [6, 6.07) is 7.20. The minimum absolute atomic E-state index is 0.0748. The Balaban J connectivity index is 1.95. The van der Waals surface area contributed by atoms with Crippen LogP contribution in [0.25, 0.3) is 0 Å². The van der Waals surface area contributed by atoms with E-state index in [2.05, 4.69) is 6.58 Å². The summed E-state index contributed by atoms with van der Waals surface area (Å²) in [6.07, 6.45) is 1.32. The summed E-state index contributed by atoms with van der Waals surface area (Å²) in [5.41, 5.74) is 0.850. The SMILES string of the molecule is C=CC(=O)N1CCN(C(=O)Cc2ccc(OC)cc2)CC1=O. The number of amides is 3. The number of methoxy groups -OCH3 is 1. The number of hydrogen-bond donors (Lipinski definition) is 0. The molecule has 1 aromatic rings. The van der Waals surface area contributed by atoms with Crippen molar-refractivity contribution >= 4 is 17.7 Å². The molecule has 1 saturated heterocycles. The van der Waals surface area contributed by atoms with Gasteiger partial charge in [0, 0.05) is 13.1 Å². The average Bonchev–Trinajstić information content (AvgIpc) is 2.54. The highest BCUT2D eigenvalue weighted by Crippen LogP contribution is 2.13. The highest BCUT2D eigenvalue weighted by Gasteiger charge is 2.29. The Bertz CT molecular complexity index is 595. The van der Waals surface area contributed by atoms with Crippen LogP contribution in [0.5, 0.6) is 5.75 Å². The molecule has 0 aliphatic carbocycles. The number of hydrogen-bond acceptors (Lipinski definition) is 4. The van der Waals surface area contributed by atoms with Gasteiger partial charge in [0.15, 0.2) is 0 Å². The topological polar surface area (TPSA) is 66.9 Å². The van der Waals surface area contributed by atoms with Crippen molar-refractivity contribution in [3.63, 3.8) is 0 Å². The van der Waals surface area contributed by atoms with Gasteiger partial charge in [0.05, 0.1) is 13.5 Å². The molecule has 116 valence electrons. The van der Waals surface area contributed by atoms with Gasteiger partial charge >= 0.3 is 0 Å². The number of carbonyl (C=O) groups is 3. The first kappa shape index (κ1) is 15.8. The van der Waals surface area contributed by atoms with Crippen LogP contribution in [0.1, 0.15) is 5.56 Å². The van der Waals surface area contributed by atoms with E-state index in [4.69, 9.17) is 4.74 Å². The van der Waals surface area contributed by atoms with Crippen molar-refractivity contribution in [1.29, 1.82) is 0 Å². The second-order valence-corrected chi connectivity index (χ2v) is 4.93. The third-order valence-electron chi connectivity index (χ3n) is 3.53. The molecule has 3 amide bonds. The van der Waals surface area contributed by atoms with Gasteiger partial charge in [-0.15, -0.1) is 0 Å². The Morgan fingerprint density at radius 1 is 1.27 bits per heavy atom. The lowest BCUT2D eigenvalue weighted by Gasteiger charge is -2.32. The van der Waals surface area contributed by atoms with Crippen molar-refractivity contribution < 1.29 is 19.1 Å². The van der Waals surface area contributed by atoms with E-state index in [-0.39, 0.29) is 31.3 Å². The molecule has 0 atom stereocenters. The van der Waals surface area contributed by atoms with E-state index in [1.54, 1.807) is 19.2 Å². The lowest BCUT2D eigenvalue weighted by atomic mass is 10.1. The molecule has 1 heterocycles. The molecule has 0 spiro atoms. The molecular formula is C16H18N2O4. The van der Waals surface area contributed by atoms with Crippen LogP contribution in [0.3, 0.4) is 0 Å². The molecule has 0 saturated carbocycles. The number of piperazine rings is 1. The largest absolute Gasteiger partial charge is 0.497 e. The predicted molar refractivity (Wildman–Crippen MR) is 80.2 cm³/mol. The van der Waals surface area contributed by atoms with E-state index in [9.17, 15) is 14.4 Å². The number of nitrogens with zero attached hydrogens (tertiary/aromatic N) is 2. The third-order valence-corrected chi connectivity index (χ3v) is 3.53. The predicted octanol–water partition coefficient (Wildman–Crippen LogP) is 0.621. The second-order valence-electron chi connectivity index (χ2n) is 4.93. The summed E-state index contributed by atoms with van der Waals surface area (Å²) in [4.78, 5) is 38.2. The van der Waals surface area contributed by atoms with Crippen LogP contribution < -0.4 is 4.74 Å². The van der Waals surface area contributed by atoms with E-state index < -0.39 is 5.91 Å². The van der Waals surface area contributed by atoms with Crippen molar-refractivity contribution in [2.45, 2.75) is 6.42 Å². The van der Waals surface area contributed by atoms with E-state index in [0.29, 0.717) is 6.54 Å². The van der Waals surface area contributed by atoms with E-state index in [1.807, 2.05) is 12.1 Å². The van der Waals surface area contributed by atoms with Gasteiger partial charge < -0.3 is 9.64 Å². The molecule has 22 heavy (non-hydrogen) atoms. The summed E-state index contributed by atoms with van der Waals surface area (Å²) in [5.74, 6) is -0.210. The van der Waals surface area contributed by atoms with Crippen LogP contribution in [0.2, 0.25) is 0 Å². The molecule has 6 nitrogen and oxygen atoms in total. The average molecular weight is 302 g/mol. The van der Waals surface area contributed by atoms with E-state index in [0.717, 1.165) is 22.3 Å². The molecular weight excluding hydrogens is 284 g/mol. The number of carbonyl (C=O) groups excluding carboxylic acids is 3. The normalized spacial score (nSPS) is 14.7. The van der Waals surface area contributed by atoms with Crippen molar-refractivity contribution in [2.24, 2.45) is 0 Å². The molecule has 0 aromatic heterocycles. The van der Waals surface area contributed by atoms with Crippen molar-refractivity contribution in [3.05, 3.63) is 42.5 Å². The first-order valence-electron chi connectivity index (χ1n) is 6.92. The van der Waals surface area contributed by atoms with Crippen LogP contribution in [0.4, 0.5) is 0 Å². The summed E-state index contributed by atoms with van der Waals surface area (Å²) in [5, 5.41) is 0. The van der Waals surface area contributed by atoms with Crippen molar-refractivity contribution in [1.82, 2.24) is 9.80 Å². The molecule has 0 N–H and O–H groups in total. The second kappa shape index (κ2) is 6.89. The Morgan fingerprint density at radius 2 is 1.95 bits per heavy atom. The maximum Gasteiger partial charge on any atom is 0.252 e. The van der Waals surface area contributed by atoms with E-state index >= 15 is 0 Å². The monoisotopic (exact) mass is 302 g/mol. The molecule has 1 aliphatic rings. The van der Waals surface area contributed by atoms with Gasteiger partial charge in [0.2, 0.25) is 11.8 Å². The quantitative estimate of drug-likeness (QED) is 0.765. The number of rotatable bonds is 4. The fraction of sp³-hybridized carbons (Fsp3) is 0.312. The van der Waals surface area contributed by atoms with Gasteiger partial charge in [-0.05, 0) is 23.8 Å². The smallest absolute Gasteiger partial charge is 0.252 e. The minimum atomic E-state index is -0.424. The number of benzene rings is 1. The highest BCUT2D eigenvalue weighted by atomic mass is 16.5. The first-order valence-corrected chi connectivity index (χ1v) is 6.92. The van der Waals surface area contributed by atoms with Gasteiger partial charge in [-0.25, -0.2) is 0 Å². The van der Waals surface area contributed by atoms with Crippen LogP contribution in [-0.2, 0) is 20.8 Å². The molecule has 1 fully saturated rings. The lowest BCUT2D eigenvalue weighted by molar-refractivity contribution is -0.151. The van der Waals surface area contributed by atoms with Crippen molar-refractivity contribution in [3.8, 4) is 5.75 Å². The molecule has 0 radical (unpaired) electrons. The molecule has 1 aromatic carbocycles. The molecule has 0 bridgehead atoms. The summed E-state index contributed by atoms with van der Waals surface area (Å²) >= 11 is 0. The third kappa shape index (κ3) is 3.52. The standard InChI is InChI=1S/C16H18N2O4/c1-3-14(19)18-9-8-17(11-16(18)21)15(20)10-12-4-6-13(22-2)7-5-12/h3-7H,1,8-11H2,2H3. The Morgan fingerprint density at radius 3 is 2.50 bits per heavy atom. The van der Waals surface area contributed by atoms with Gasteiger partial charge in [-0.1, -0.05) is 18.7 Å². The van der Waals surface area contributed by atoms with Crippen LogP contribution in [0.15, 0.2) is 36.9 Å².